The van der Waals surface area contributed by atoms with E-state index in [1.54, 1.807) is 0 Å². The molecule has 3 rings (SSSR count). The van der Waals surface area contributed by atoms with Crippen molar-refractivity contribution in [2.24, 2.45) is 0 Å². The van der Waals surface area contributed by atoms with Gasteiger partial charge >= 0.3 is 5.97 Å². The third-order valence-electron chi connectivity index (χ3n) is 4.29. The number of nitrogens with zero attached hydrogens (tertiary/aromatic N) is 2. The molecule has 0 radical (unpaired) electrons. The quantitative estimate of drug-likeness (QED) is 0.573. The van der Waals surface area contributed by atoms with Crippen LogP contribution in [0.1, 0.15) is 35.2 Å². The van der Waals surface area contributed by atoms with E-state index in [-0.39, 0.29) is 21.2 Å². The van der Waals surface area contributed by atoms with Crippen LogP contribution in [0.5, 0.6) is 5.75 Å². The molecule has 140 valence electrons. The Bertz CT molecular complexity index is 991. The SMILES string of the molecule is N#Cc1ccc(OC(=O)c2ccc(Cl)c(S(=O)(=O)N3CCCCC3)c2)cc1. The molecule has 1 aliphatic rings. The zero-order valence-corrected chi connectivity index (χ0v) is 16.0. The standard InChI is InChI=1S/C19H17ClN2O4S/c20-17-9-6-15(19(23)26-16-7-4-14(13-21)5-8-16)12-18(17)27(24,25)22-10-2-1-3-11-22/h4-9,12H,1-3,10-11H2. The highest BCUT2D eigenvalue weighted by molar-refractivity contribution is 7.89. The van der Waals surface area contributed by atoms with Gasteiger partial charge in [0, 0.05) is 13.1 Å². The zero-order chi connectivity index (χ0) is 19.4. The molecule has 8 heteroatoms. The number of halogens is 1. The van der Waals surface area contributed by atoms with Gasteiger partial charge in [-0.1, -0.05) is 18.0 Å². The topological polar surface area (TPSA) is 87.5 Å². The predicted molar refractivity (Wildman–Crippen MR) is 100 cm³/mol. The minimum absolute atomic E-state index is 0.0653. The molecule has 0 unspecified atom stereocenters. The molecule has 0 amide bonds. The van der Waals surface area contributed by atoms with Crippen LogP contribution in [-0.4, -0.2) is 31.8 Å². The van der Waals surface area contributed by atoms with Crippen molar-refractivity contribution in [2.45, 2.75) is 24.2 Å². The third-order valence-corrected chi connectivity index (χ3v) is 6.67. The molecule has 1 fully saturated rings. The van der Waals surface area contributed by atoms with Crippen LogP contribution in [0.4, 0.5) is 0 Å². The Morgan fingerprint density at radius 2 is 1.74 bits per heavy atom. The third kappa shape index (κ3) is 4.30. The second-order valence-electron chi connectivity index (χ2n) is 6.14. The molecule has 0 aromatic heterocycles. The molecule has 0 bridgehead atoms. The minimum Gasteiger partial charge on any atom is -0.423 e. The smallest absolute Gasteiger partial charge is 0.343 e. The fourth-order valence-corrected chi connectivity index (χ4v) is 4.85. The minimum atomic E-state index is -3.77. The molecule has 2 aromatic carbocycles. The van der Waals surface area contributed by atoms with Crippen molar-refractivity contribution < 1.29 is 17.9 Å². The number of nitriles is 1. The Morgan fingerprint density at radius 3 is 2.37 bits per heavy atom. The van der Waals surface area contributed by atoms with Crippen molar-refractivity contribution in [3.63, 3.8) is 0 Å². The van der Waals surface area contributed by atoms with Crippen molar-refractivity contribution >= 4 is 27.6 Å². The summed E-state index contributed by atoms with van der Waals surface area (Å²) >= 11 is 6.11. The molecule has 0 aliphatic carbocycles. The maximum absolute atomic E-state index is 12.9. The van der Waals surface area contributed by atoms with Crippen molar-refractivity contribution in [2.75, 3.05) is 13.1 Å². The number of hydrogen-bond acceptors (Lipinski definition) is 5. The van der Waals surface area contributed by atoms with Gasteiger partial charge in [-0.3, -0.25) is 0 Å². The van der Waals surface area contributed by atoms with E-state index in [1.807, 2.05) is 6.07 Å². The summed E-state index contributed by atoms with van der Waals surface area (Å²) in [6.07, 6.45) is 2.60. The molecule has 1 heterocycles. The maximum Gasteiger partial charge on any atom is 0.343 e. The van der Waals surface area contributed by atoms with Gasteiger partial charge < -0.3 is 4.74 Å². The number of sulfonamides is 1. The summed E-state index contributed by atoms with van der Waals surface area (Å²) in [6.45, 7) is 0.886. The molecule has 1 aliphatic heterocycles. The van der Waals surface area contributed by atoms with Gasteiger partial charge in [0.1, 0.15) is 10.6 Å². The fourth-order valence-electron chi connectivity index (χ4n) is 2.84. The first-order valence-electron chi connectivity index (χ1n) is 8.44. The van der Waals surface area contributed by atoms with Crippen LogP contribution in [-0.2, 0) is 10.0 Å². The van der Waals surface area contributed by atoms with Crippen LogP contribution in [0.25, 0.3) is 0 Å². The molecule has 0 spiro atoms. The molecule has 0 N–H and O–H groups in total. The van der Waals surface area contributed by atoms with Crippen molar-refractivity contribution in [1.29, 1.82) is 5.26 Å². The van der Waals surface area contributed by atoms with Gasteiger partial charge in [-0.25, -0.2) is 13.2 Å². The number of hydrogen-bond donors (Lipinski definition) is 0. The van der Waals surface area contributed by atoms with Crippen molar-refractivity contribution in [1.82, 2.24) is 4.31 Å². The van der Waals surface area contributed by atoms with E-state index in [0.29, 0.717) is 18.7 Å². The lowest BCUT2D eigenvalue weighted by atomic mass is 10.2. The maximum atomic E-state index is 12.9. The van der Waals surface area contributed by atoms with E-state index >= 15 is 0 Å². The van der Waals surface area contributed by atoms with Gasteiger partial charge in [0.25, 0.3) is 0 Å². The summed E-state index contributed by atoms with van der Waals surface area (Å²) in [5, 5.41) is 8.86. The second kappa shape index (κ2) is 8.09. The monoisotopic (exact) mass is 404 g/mol. The van der Waals surface area contributed by atoms with Crippen LogP contribution < -0.4 is 4.74 Å². The summed E-state index contributed by atoms with van der Waals surface area (Å²) < 4.78 is 32.4. The lowest BCUT2D eigenvalue weighted by molar-refractivity contribution is 0.0734. The average molecular weight is 405 g/mol. The average Bonchev–Trinajstić information content (AvgIpc) is 2.69. The first-order valence-corrected chi connectivity index (χ1v) is 10.3. The van der Waals surface area contributed by atoms with Gasteiger partial charge in [-0.05, 0) is 55.3 Å². The van der Waals surface area contributed by atoms with Gasteiger partial charge in [-0.15, -0.1) is 0 Å². The predicted octanol–water partition coefficient (Wildman–Crippen LogP) is 3.61. The number of carbonyl (C=O) groups excluding carboxylic acids is 1. The molecule has 1 saturated heterocycles. The molecule has 6 nitrogen and oxygen atoms in total. The van der Waals surface area contributed by atoms with Crippen LogP contribution in [0.3, 0.4) is 0 Å². The Balaban J connectivity index is 1.85. The lowest BCUT2D eigenvalue weighted by Gasteiger charge is -2.26. The highest BCUT2D eigenvalue weighted by Gasteiger charge is 2.29. The number of piperidine rings is 1. The molecule has 27 heavy (non-hydrogen) atoms. The van der Waals surface area contributed by atoms with Gasteiger partial charge in [0.05, 0.1) is 22.2 Å². The Hall–Kier alpha value is -2.40. The Kier molecular flexibility index (Phi) is 5.80. The van der Waals surface area contributed by atoms with Crippen LogP contribution in [0.15, 0.2) is 47.4 Å². The zero-order valence-electron chi connectivity index (χ0n) is 14.4. The van der Waals surface area contributed by atoms with Crippen LogP contribution in [0, 0.1) is 11.3 Å². The molecular weight excluding hydrogens is 388 g/mol. The molecule has 0 saturated carbocycles. The van der Waals surface area contributed by atoms with E-state index < -0.39 is 16.0 Å². The summed E-state index contributed by atoms with van der Waals surface area (Å²) in [5.41, 5.74) is 0.524. The van der Waals surface area contributed by atoms with Crippen molar-refractivity contribution in [3.8, 4) is 11.8 Å². The van der Waals surface area contributed by atoms with Gasteiger partial charge in [-0.2, -0.15) is 9.57 Å². The number of rotatable bonds is 4. The van der Waals surface area contributed by atoms with E-state index in [1.165, 1.54) is 46.8 Å². The Morgan fingerprint density at radius 1 is 1.07 bits per heavy atom. The number of esters is 1. The number of benzene rings is 2. The van der Waals surface area contributed by atoms with Crippen LogP contribution >= 0.6 is 11.6 Å². The van der Waals surface area contributed by atoms with E-state index in [9.17, 15) is 13.2 Å². The summed E-state index contributed by atoms with van der Waals surface area (Å²) in [5.74, 6) is -0.444. The first-order chi connectivity index (χ1) is 12.9. The normalized spacial score (nSPS) is 15.1. The fraction of sp³-hybridized carbons (Fsp3) is 0.263. The van der Waals surface area contributed by atoms with Crippen LogP contribution in [0.2, 0.25) is 5.02 Å². The highest BCUT2D eigenvalue weighted by atomic mass is 35.5. The van der Waals surface area contributed by atoms with Gasteiger partial charge in [0.2, 0.25) is 10.0 Å². The summed E-state index contributed by atoms with van der Waals surface area (Å²) in [7, 11) is -3.77. The first kappa shape index (κ1) is 19.4. The summed E-state index contributed by atoms with van der Waals surface area (Å²) in [6, 6.07) is 12.1. The Labute approximate surface area is 163 Å². The lowest BCUT2D eigenvalue weighted by Crippen LogP contribution is -2.35. The van der Waals surface area contributed by atoms with E-state index in [2.05, 4.69) is 0 Å². The molecule has 2 aromatic rings. The summed E-state index contributed by atoms with van der Waals surface area (Å²) in [4.78, 5) is 12.3. The molecular formula is C19H17ClN2O4S. The second-order valence-corrected chi connectivity index (χ2v) is 8.45. The number of ether oxygens (including phenoxy) is 1. The van der Waals surface area contributed by atoms with E-state index in [0.717, 1.165) is 19.3 Å². The largest absolute Gasteiger partial charge is 0.423 e. The van der Waals surface area contributed by atoms with E-state index in [4.69, 9.17) is 21.6 Å². The van der Waals surface area contributed by atoms with Crippen molar-refractivity contribution in [3.05, 3.63) is 58.6 Å². The highest BCUT2D eigenvalue weighted by Crippen LogP contribution is 2.28. The van der Waals surface area contributed by atoms with Gasteiger partial charge in [0.15, 0.2) is 0 Å². The number of carbonyl (C=O) groups is 1. The molecule has 0 atom stereocenters.